The summed E-state index contributed by atoms with van der Waals surface area (Å²) in [6.45, 7) is 8.16. The zero-order valence-corrected chi connectivity index (χ0v) is 10.5. The van der Waals surface area contributed by atoms with Crippen molar-refractivity contribution in [1.82, 2.24) is 9.78 Å². The maximum atomic E-state index is 9.03. The van der Waals surface area contributed by atoms with E-state index < -0.39 is 0 Å². The highest BCUT2D eigenvalue weighted by atomic mass is 32.2. The normalized spacial score (nSPS) is 13.5. The number of thioether (sulfide) groups is 1. The van der Waals surface area contributed by atoms with Crippen molar-refractivity contribution >= 4 is 17.4 Å². The number of nitrogens with zero attached hydrogens (tertiary/aromatic N) is 2. The molecule has 0 saturated carbocycles. The first-order valence-electron chi connectivity index (χ1n) is 5.09. The van der Waals surface area contributed by atoms with E-state index in [-0.39, 0.29) is 17.9 Å². The molecule has 0 radical (unpaired) electrons. The Bertz CT molecular complexity index is 336. The second kappa shape index (κ2) is 4.90. The van der Waals surface area contributed by atoms with Gasteiger partial charge in [-0.1, -0.05) is 18.7 Å². The number of aliphatic hydroxyl groups is 1. The molecule has 0 aliphatic carbocycles. The number of rotatable bonds is 4. The number of aliphatic hydroxyl groups excluding tert-OH is 1. The summed E-state index contributed by atoms with van der Waals surface area (Å²) in [5.41, 5.74) is 7.55. The number of anilines is 1. The van der Waals surface area contributed by atoms with E-state index in [9.17, 15) is 0 Å². The predicted octanol–water partition coefficient (Wildman–Crippen LogP) is 1.83. The lowest BCUT2D eigenvalue weighted by Crippen LogP contribution is -2.09. The number of nitrogens with two attached hydrogens (primary N) is 1. The molecule has 1 aromatic heterocycles. The van der Waals surface area contributed by atoms with Crippen LogP contribution in [-0.4, -0.2) is 26.7 Å². The molecule has 1 rings (SSSR count). The number of nitrogen functional groups attached to an aromatic ring is 1. The van der Waals surface area contributed by atoms with Gasteiger partial charge in [0.25, 0.3) is 0 Å². The molecule has 15 heavy (non-hydrogen) atoms. The SMILES string of the molecule is Cc1nn(C(C)C)c(SC(C)CO)c1N. The van der Waals surface area contributed by atoms with E-state index in [1.54, 1.807) is 11.8 Å². The van der Waals surface area contributed by atoms with Crippen LogP contribution in [0.15, 0.2) is 5.03 Å². The van der Waals surface area contributed by atoms with Gasteiger partial charge in [-0.2, -0.15) is 5.10 Å². The molecule has 1 unspecified atom stereocenters. The number of aromatic nitrogens is 2. The van der Waals surface area contributed by atoms with Crippen molar-refractivity contribution in [3.05, 3.63) is 5.69 Å². The zero-order chi connectivity index (χ0) is 11.6. The molecule has 0 aromatic carbocycles. The van der Waals surface area contributed by atoms with Gasteiger partial charge in [0.05, 0.1) is 18.0 Å². The topological polar surface area (TPSA) is 64.1 Å². The molecule has 0 aliphatic heterocycles. The van der Waals surface area contributed by atoms with E-state index in [1.807, 2.05) is 18.5 Å². The first kappa shape index (κ1) is 12.4. The van der Waals surface area contributed by atoms with Crippen molar-refractivity contribution in [2.75, 3.05) is 12.3 Å². The maximum absolute atomic E-state index is 9.03. The average molecular weight is 229 g/mol. The van der Waals surface area contributed by atoms with Gasteiger partial charge in [-0.3, -0.25) is 4.68 Å². The van der Waals surface area contributed by atoms with Crippen LogP contribution in [0.5, 0.6) is 0 Å². The van der Waals surface area contributed by atoms with Gasteiger partial charge in [0.15, 0.2) is 0 Å². The lowest BCUT2D eigenvalue weighted by Gasteiger charge is -2.13. The Balaban J connectivity index is 3.02. The third-order valence-corrected chi connectivity index (χ3v) is 3.33. The summed E-state index contributed by atoms with van der Waals surface area (Å²) in [7, 11) is 0. The summed E-state index contributed by atoms with van der Waals surface area (Å²) in [6, 6.07) is 0.286. The minimum absolute atomic E-state index is 0.140. The van der Waals surface area contributed by atoms with E-state index in [1.165, 1.54) is 0 Å². The summed E-state index contributed by atoms with van der Waals surface area (Å²) >= 11 is 1.57. The van der Waals surface area contributed by atoms with E-state index in [0.717, 1.165) is 16.4 Å². The van der Waals surface area contributed by atoms with Crippen molar-refractivity contribution in [2.45, 2.75) is 44.0 Å². The Morgan fingerprint density at radius 2 is 2.07 bits per heavy atom. The quantitative estimate of drug-likeness (QED) is 0.773. The zero-order valence-electron chi connectivity index (χ0n) is 9.69. The molecule has 0 saturated heterocycles. The number of hydrogen-bond donors (Lipinski definition) is 2. The molecule has 0 aliphatic rings. The maximum Gasteiger partial charge on any atom is 0.118 e. The van der Waals surface area contributed by atoms with Gasteiger partial charge in [0.1, 0.15) is 5.03 Å². The van der Waals surface area contributed by atoms with Gasteiger partial charge in [0, 0.05) is 11.3 Å². The molecule has 1 atom stereocenters. The minimum Gasteiger partial charge on any atom is -0.395 e. The average Bonchev–Trinajstić information content (AvgIpc) is 2.46. The largest absolute Gasteiger partial charge is 0.395 e. The standard InChI is InChI=1S/C10H19N3OS/c1-6(2)13-10(15-7(3)5-14)9(11)8(4)12-13/h6-7,14H,5,11H2,1-4H3. The van der Waals surface area contributed by atoms with Crippen LogP contribution in [-0.2, 0) is 0 Å². The van der Waals surface area contributed by atoms with Crippen molar-refractivity contribution in [1.29, 1.82) is 0 Å². The van der Waals surface area contributed by atoms with Crippen LogP contribution in [0.25, 0.3) is 0 Å². The van der Waals surface area contributed by atoms with Gasteiger partial charge in [-0.05, 0) is 20.8 Å². The predicted molar refractivity (Wildman–Crippen MR) is 64.2 cm³/mol. The summed E-state index contributed by atoms with van der Waals surface area (Å²) in [5.74, 6) is 0. The van der Waals surface area contributed by atoms with Crippen LogP contribution >= 0.6 is 11.8 Å². The fourth-order valence-corrected chi connectivity index (χ4v) is 2.32. The number of hydrogen-bond acceptors (Lipinski definition) is 4. The molecule has 3 N–H and O–H groups in total. The Hall–Kier alpha value is -0.680. The van der Waals surface area contributed by atoms with Gasteiger partial charge < -0.3 is 10.8 Å². The third kappa shape index (κ3) is 2.66. The molecular formula is C10H19N3OS. The number of aryl methyl sites for hydroxylation is 1. The molecule has 0 fully saturated rings. The first-order chi connectivity index (χ1) is 6.97. The highest BCUT2D eigenvalue weighted by Gasteiger charge is 2.17. The van der Waals surface area contributed by atoms with Gasteiger partial charge in [0.2, 0.25) is 0 Å². The summed E-state index contributed by atoms with van der Waals surface area (Å²) < 4.78 is 1.92. The van der Waals surface area contributed by atoms with Crippen LogP contribution < -0.4 is 5.73 Å². The molecule has 0 amide bonds. The van der Waals surface area contributed by atoms with E-state index in [4.69, 9.17) is 10.8 Å². The molecule has 5 heteroatoms. The Morgan fingerprint density at radius 3 is 2.53 bits per heavy atom. The van der Waals surface area contributed by atoms with Gasteiger partial charge in [-0.25, -0.2) is 0 Å². The highest BCUT2D eigenvalue weighted by molar-refractivity contribution is 8.00. The van der Waals surface area contributed by atoms with Gasteiger partial charge >= 0.3 is 0 Å². The molecule has 0 bridgehead atoms. The van der Waals surface area contributed by atoms with Crippen LogP contribution in [0.1, 0.15) is 32.5 Å². The van der Waals surface area contributed by atoms with Crippen LogP contribution in [0.4, 0.5) is 5.69 Å². The summed E-state index contributed by atoms with van der Waals surface area (Å²) in [5, 5.41) is 14.5. The first-order valence-corrected chi connectivity index (χ1v) is 5.97. The summed E-state index contributed by atoms with van der Waals surface area (Å²) in [6.07, 6.45) is 0. The Morgan fingerprint density at radius 1 is 1.47 bits per heavy atom. The third-order valence-electron chi connectivity index (χ3n) is 2.15. The second-order valence-corrected chi connectivity index (χ2v) is 5.38. The highest BCUT2D eigenvalue weighted by Crippen LogP contribution is 2.32. The Labute approximate surface area is 94.9 Å². The molecular weight excluding hydrogens is 210 g/mol. The van der Waals surface area contributed by atoms with E-state index in [2.05, 4.69) is 18.9 Å². The second-order valence-electron chi connectivity index (χ2n) is 3.95. The molecule has 0 spiro atoms. The Kier molecular flexibility index (Phi) is 4.04. The van der Waals surface area contributed by atoms with Crippen LogP contribution in [0.2, 0.25) is 0 Å². The fourth-order valence-electron chi connectivity index (χ4n) is 1.23. The molecule has 1 aromatic rings. The van der Waals surface area contributed by atoms with Crippen molar-refractivity contribution < 1.29 is 5.11 Å². The van der Waals surface area contributed by atoms with Crippen molar-refractivity contribution in [2.24, 2.45) is 0 Å². The molecule has 4 nitrogen and oxygen atoms in total. The van der Waals surface area contributed by atoms with Gasteiger partial charge in [-0.15, -0.1) is 0 Å². The molecule has 1 heterocycles. The van der Waals surface area contributed by atoms with Crippen molar-refractivity contribution in [3.8, 4) is 0 Å². The lowest BCUT2D eigenvalue weighted by molar-refractivity contribution is 0.299. The lowest BCUT2D eigenvalue weighted by atomic mass is 10.4. The summed E-state index contributed by atoms with van der Waals surface area (Å²) in [4.78, 5) is 0. The van der Waals surface area contributed by atoms with E-state index >= 15 is 0 Å². The van der Waals surface area contributed by atoms with Crippen LogP contribution in [0.3, 0.4) is 0 Å². The minimum atomic E-state index is 0.140. The van der Waals surface area contributed by atoms with Crippen molar-refractivity contribution in [3.63, 3.8) is 0 Å². The monoisotopic (exact) mass is 229 g/mol. The fraction of sp³-hybridized carbons (Fsp3) is 0.700. The van der Waals surface area contributed by atoms with Crippen LogP contribution in [0, 0.1) is 6.92 Å². The smallest absolute Gasteiger partial charge is 0.118 e. The van der Waals surface area contributed by atoms with E-state index in [0.29, 0.717) is 0 Å². The molecule has 86 valence electrons.